The fourth-order valence-electron chi connectivity index (χ4n) is 7.28. The van der Waals surface area contributed by atoms with Gasteiger partial charge in [-0.2, -0.15) is 4.98 Å². The van der Waals surface area contributed by atoms with E-state index in [-0.39, 0.29) is 11.5 Å². The number of halogens is 2. The first-order valence-electron chi connectivity index (χ1n) is 16.0. The Balaban J connectivity index is 0.000000734. The normalized spacial score (nSPS) is 17.0. The van der Waals surface area contributed by atoms with E-state index in [0.29, 0.717) is 11.8 Å². The second-order valence-corrected chi connectivity index (χ2v) is 17.3. The Labute approximate surface area is 300 Å². The van der Waals surface area contributed by atoms with Crippen LogP contribution in [0.1, 0.15) is 18.0 Å². The van der Waals surface area contributed by atoms with Crippen molar-refractivity contribution in [2.45, 2.75) is 18.9 Å². The van der Waals surface area contributed by atoms with Gasteiger partial charge < -0.3 is 13.9 Å². The highest BCUT2D eigenvalue weighted by atomic mass is 79.9. The third-order valence-corrected chi connectivity index (χ3v) is 13.9. The highest BCUT2D eigenvalue weighted by Crippen LogP contribution is 2.56. The third-order valence-electron chi connectivity index (χ3n) is 9.20. The molecule has 0 unspecified atom stereocenters. The molecule has 0 radical (unpaired) electrons. The van der Waals surface area contributed by atoms with Crippen LogP contribution in [0.25, 0.3) is 11.5 Å². The van der Waals surface area contributed by atoms with Gasteiger partial charge in [0.05, 0.1) is 0 Å². The van der Waals surface area contributed by atoms with Crippen LogP contribution in [0.2, 0.25) is 0 Å². The van der Waals surface area contributed by atoms with Gasteiger partial charge in [0.1, 0.15) is 15.9 Å². The van der Waals surface area contributed by atoms with E-state index in [1.165, 1.54) is 15.9 Å². The minimum Gasteiger partial charge on any atom is -0.416 e. The fraction of sp³-hybridized carbons (Fsp3) is 0.158. The summed E-state index contributed by atoms with van der Waals surface area (Å²) in [4.78, 5) is 20.7. The highest BCUT2D eigenvalue weighted by Gasteiger charge is 2.54. The Morgan fingerprint density at radius 2 is 1.24 bits per heavy atom. The van der Waals surface area contributed by atoms with E-state index >= 15 is 0 Å². The van der Waals surface area contributed by atoms with Crippen molar-refractivity contribution in [1.29, 1.82) is 0 Å². The number of benzene rings is 4. The summed E-state index contributed by atoms with van der Waals surface area (Å²) >= 11 is 3.59. The molecule has 2 atom stereocenters. The van der Waals surface area contributed by atoms with Crippen molar-refractivity contribution in [3.8, 4) is 11.5 Å². The van der Waals surface area contributed by atoms with Crippen molar-refractivity contribution in [1.82, 2.24) is 9.55 Å². The molecule has 1 fully saturated rings. The average Bonchev–Trinajstić information content (AvgIpc) is 3.56. The van der Waals surface area contributed by atoms with Gasteiger partial charge in [-0.1, -0.05) is 76.6 Å². The molecule has 6 aromatic rings. The van der Waals surface area contributed by atoms with Gasteiger partial charge in [0.25, 0.3) is 16.9 Å². The van der Waals surface area contributed by atoms with E-state index in [0.717, 1.165) is 53.1 Å². The fourth-order valence-corrected chi connectivity index (χ4v) is 11.7. The zero-order valence-corrected chi connectivity index (χ0v) is 29.9. The minimum absolute atomic E-state index is 0.0932. The van der Waals surface area contributed by atoms with Gasteiger partial charge in [0, 0.05) is 47.3 Å². The Morgan fingerprint density at radius 1 is 0.700 bits per heavy atom. The molecule has 2 aliphatic heterocycles. The lowest BCUT2D eigenvalue weighted by Gasteiger charge is -2.42. The maximum Gasteiger partial charge on any atom is 0.262 e. The summed E-state index contributed by atoms with van der Waals surface area (Å²) in [6, 6.07) is 46.4. The lowest BCUT2D eigenvalue weighted by molar-refractivity contribution is -2.00. The van der Waals surface area contributed by atoms with Crippen LogP contribution in [-0.4, -0.2) is 22.6 Å². The maximum atomic E-state index is 12.8. The maximum absolute atomic E-state index is 12.8. The van der Waals surface area contributed by atoms with Gasteiger partial charge in [0.15, 0.2) is 7.26 Å². The third kappa shape index (κ3) is 6.93. The largest absolute Gasteiger partial charge is 0.416 e. The number of pyridine rings is 1. The lowest BCUT2D eigenvalue weighted by atomic mass is 9.83. The van der Waals surface area contributed by atoms with Crippen LogP contribution in [0.4, 0.5) is 5.88 Å². The van der Waals surface area contributed by atoms with Gasteiger partial charge in [-0.15, -0.1) is 10.2 Å². The zero-order valence-electron chi connectivity index (χ0n) is 26.7. The average molecular weight is 773 g/mol. The first-order valence-corrected chi connectivity index (χ1v) is 19.8. The van der Waals surface area contributed by atoms with Crippen LogP contribution >= 0.6 is 23.2 Å². The molecule has 8 rings (SSSR count). The molecule has 2 aromatic heterocycles. The monoisotopic (exact) mass is 771 g/mol. The summed E-state index contributed by atoms with van der Waals surface area (Å²) in [5.74, 6) is 2.02. The summed E-state index contributed by atoms with van der Waals surface area (Å²) < 4.78 is 44.0. The van der Waals surface area contributed by atoms with E-state index in [9.17, 15) is 4.79 Å². The summed E-state index contributed by atoms with van der Waals surface area (Å²) in [6.07, 6.45) is 1.07. The summed E-state index contributed by atoms with van der Waals surface area (Å²) in [7, 11) is -7.48. The van der Waals surface area contributed by atoms with Crippen molar-refractivity contribution in [2.75, 3.05) is 18.0 Å². The van der Waals surface area contributed by atoms with E-state index < -0.39 is 17.5 Å². The number of oxazole rings is 1. The number of hydrogen-bond acceptors (Lipinski definition) is 8. The SMILES string of the molecule is O=c1cccc2n1C[C@@H]1C[C@@H]2CN(c2oc(-c3ccc(Br)cc3)nc2[P+](c2ccccc2)(c2ccccc2)c2ccccc2)C1.[O-][Cl+3]([O-])([O-])[O-]. The van der Waals surface area contributed by atoms with Crippen molar-refractivity contribution >= 4 is 50.4 Å². The molecular formula is C38H32BrClN3O6P. The Morgan fingerprint density at radius 3 is 1.78 bits per heavy atom. The van der Waals surface area contributed by atoms with Crippen LogP contribution in [0, 0.1) is 16.2 Å². The topological polar surface area (TPSA) is 144 Å². The summed E-state index contributed by atoms with van der Waals surface area (Å²) in [5, 5.41) is 3.69. The molecule has 0 aliphatic carbocycles. The van der Waals surface area contributed by atoms with Crippen molar-refractivity contribution in [3.05, 3.63) is 154 Å². The van der Waals surface area contributed by atoms with E-state index in [4.69, 9.17) is 28.0 Å². The van der Waals surface area contributed by atoms with E-state index in [1.807, 2.05) is 22.8 Å². The zero-order chi connectivity index (χ0) is 34.9. The molecule has 0 amide bonds. The molecule has 4 heterocycles. The molecule has 0 saturated carbocycles. The van der Waals surface area contributed by atoms with Crippen LogP contribution in [0.15, 0.2) is 147 Å². The number of piperidine rings is 1. The van der Waals surface area contributed by atoms with Gasteiger partial charge in [0.2, 0.25) is 5.89 Å². The molecule has 50 heavy (non-hydrogen) atoms. The summed E-state index contributed by atoms with van der Waals surface area (Å²) in [5.41, 5.74) is 3.13. The first kappa shape index (κ1) is 34.3. The number of hydrogen-bond donors (Lipinski definition) is 0. The first-order chi connectivity index (χ1) is 24.1. The molecule has 0 N–H and O–H groups in total. The van der Waals surface area contributed by atoms with Gasteiger partial charge in [-0.05, 0) is 79.1 Å². The second-order valence-electron chi connectivity index (χ2n) is 12.3. The molecule has 12 heteroatoms. The van der Waals surface area contributed by atoms with Gasteiger partial charge in [-0.3, -0.25) is 4.79 Å². The van der Waals surface area contributed by atoms with E-state index in [2.05, 4.69) is 130 Å². The number of anilines is 1. The van der Waals surface area contributed by atoms with Crippen molar-refractivity contribution in [2.24, 2.45) is 5.92 Å². The molecular weight excluding hydrogens is 741 g/mol. The lowest BCUT2D eigenvalue weighted by Crippen LogP contribution is -2.68. The smallest absolute Gasteiger partial charge is 0.262 e. The Hall–Kier alpha value is -4.12. The molecule has 2 aliphatic rings. The molecule has 0 spiro atoms. The van der Waals surface area contributed by atoms with E-state index in [1.54, 1.807) is 6.07 Å². The van der Waals surface area contributed by atoms with Gasteiger partial charge >= 0.3 is 0 Å². The number of fused-ring (bicyclic) bond motifs is 4. The van der Waals surface area contributed by atoms with Crippen LogP contribution in [-0.2, 0) is 6.54 Å². The Bertz CT molecular complexity index is 2020. The minimum atomic E-state index is -4.94. The molecule has 1 saturated heterocycles. The van der Waals surface area contributed by atoms with Crippen molar-refractivity contribution in [3.63, 3.8) is 0 Å². The van der Waals surface area contributed by atoms with Crippen molar-refractivity contribution < 1.29 is 33.3 Å². The number of aromatic nitrogens is 2. The predicted molar refractivity (Wildman–Crippen MR) is 188 cm³/mol. The highest BCUT2D eigenvalue weighted by molar-refractivity contribution is 9.10. The number of nitrogens with zero attached hydrogens (tertiary/aromatic N) is 3. The predicted octanol–water partition coefficient (Wildman–Crippen LogP) is 1.75. The molecule has 4 aromatic carbocycles. The second kappa shape index (κ2) is 14.2. The van der Waals surface area contributed by atoms with Gasteiger partial charge in [-0.25, -0.2) is 18.6 Å². The Kier molecular flexibility index (Phi) is 9.78. The molecule has 254 valence electrons. The number of rotatable bonds is 6. The molecule has 9 nitrogen and oxygen atoms in total. The summed E-state index contributed by atoms with van der Waals surface area (Å²) in [6.45, 7) is 2.29. The quantitative estimate of drug-likeness (QED) is 0.233. The standard InChI is InChI=1S/C38H32BrN3O2P.ClHO4/c39-30-21-19-28(20-22-30)36-40-37(38(44-36)41-24-27-23-29(26-41)34-17-10-18-35(43)42(34)25-27)45(31-11-4-1-5-12-31,32-13-6-2-7-14-32)33-15-8-3-9-16-33;2-1(3,4)5/h1-22,27,29H,23-26H2;(H,2,3,4,5)/q+1;/p-1/t27-,29-;/m1./s1. The van der Waals surface area contributed by atoms with Crippen LogP contribution < -0.4 is 50.4 Å². The van der Waals surface area contributed by atoms with Crippen LogP contribution in [0.3, 0.4) is 0 Å². The molecule has 2 bridgehead atoms. The van der Waals surface area contributed by atoms with Crippen LogP contribution in [0.5, 0.6) is 0 Å².